The van der Waals surface area contributed by atoms with Crippen molar-refractivity contribution in [2.45, 2.75) is 38.9 Å². The lowest BCUT2D eigenvalue weighted by Crippen LogP contribution is -2.19. The summed E-state index contributed by atoms with van der Waals surface area (Å²) in [6, 6.07) is 13.5. The quantitative estimate of drug-likeness (QED) is 0.511. The zero-order chi connectivity index (χ0) is 19.4. The minimum absolute atomic E-state index is 0.0937. The van der Waals surface area contributed by atoms with Gasteiger partial charge in [-0.1, -0.05) is 55.4 Å². The van der Waals surface area contributed by atoms with Gasteiger partial charge in [-0.15, -0.1) is 0 Å². The third-order valence-electron chi connectivity index (χ3n) is 4.30. The largest absolute Gasteiger partial charge is 0.324 e. The maximum atomic E-state index is 12.6. The predicted molar refractivity (Wildman–Crippen MR) is 115 cm³/mol. The molecule has 0 unspecified atom stereocenters. The number of hydrogen-bond donors (Lipinski definition) is 1. The summed E-state index contributed by atoms with van der Waals surface area (Å²) in [6.07, 6.45) is 1.11. The second kappa shape index (κ2) is 8.81. The highest BCUT2D eigenvalue weighted by Crippen LogP contribution is 2.26. The summed E-state index contributed by atoms with van der Waals surface area (Å²) in [4.78, 5) is 17.4. The van der Waals surface area contributed by atoms with Crippen LogP contribution in [0.5, 0.6) is 0 Å². The first-order valence-corrected chi connectivity index (χ1v) is 10.4. The van der Waals surface area contributed by atoms with Crippen LogP contribution in [-0.2, 0) is 11.3 Å². The molecule has 2 aromatic carbocycles. The first-order valence-electron chi connectivity index (χ1n) is 9.08. The molecule has 1 aromatic heterocycles. The van der Waals surface area contributed by atoms with Gasteiger partial charge in [0, 0.05) is 16.5 Å². The zero-order valence-electron chi connectivity index (χ0n) is 15.8. The van der Waals surface area contributed by atoms with E-state index in [4.69, 9.17) is 16.6 Å². The molecule has 142 valence electrons. The molecule has 0 spiro atoms. The minimum Gasteiger partial charge on any atom is -0.324 e. The minimum atomic E-state index is -0.0937. The van der Waals surface area contributed by atoms with Crippen LogP contribution >= 0.6 is 23.4 Å². The van der Waals surface area contributed by atoms with Crippen molar-refractivity contribution in [3.63, 3.8) is 0 Å². The number of fused-ring (bicyclic) bond motifs is 1. The van der Waals surface area contributed by atoms with Crippen LogP contribution in [0.25, 0.3) is 11.0 Å². The van der Waals surface area contributed by atoms with Crippen molar-refractivity contribution in [3.8, 4) is 0 Å². The van der Waals surface area contributed by atoms with Crippen molar-refractivity contribution in [2.24, 2.45) is 5.92 Å². The molecule has 4 nitrogen and oxygen atoms in total. The number of nitrogens with one attached hydrogen (secondary N) is 1. The molecule has 0 radical (unpaired) electrons. The first kappa shape index (κ1) is 19.8. The number of hydrogen-bond acceptors (Lipinski definition) is 3. The topological polar surface area (TPSA) is 46.9 Å². The van der Waals surface area contributed by atoms with Crippen LogP contribution in [0.1, 0.15) is 25.8 Å². The summed E-state index contributed by atoms with van der Waals surface area (Å²) in [5.41, 5.74) is 3.57. The van der Waals surface area contributed by atoms with Crippen molar-refractivity contribution in [1.29, 1.82) is 0 Å². The highest BCUT2D eigenvalue weighted by atomic mass is 35.5. The summed E-state index contributed by atoms with van der Waals surface area (Å²) >= 11 is 7.86. The maximum absolute atomic E-state index is 12.6. The van der Waals surface area contributed by atoms with Crippen LogP contribution in [-0.4, -0.2) is 21.2 Å². The Morgan fingerprint density at radius 1 is 1.26 bits per heavy atom. The average molecular weight is 402 g/mol. The number of imidazole rings is 1. The SMILES string of the molecule is Cc1ccc(NC(=O)Cn2c(SCCC(C)C)nc3ccccc32)cc1Cl. The van der Waals surface area contributed by atoms with Gasteiger partial charge >= 0.3 is 0 Å². The van der Waals surface area contributed by atoms with Gasteiger partial charge in [0.2, 0.25) is 5.91 Å². The van der Waals surface area contributed by atoms with Crippen molar-refractivity contribution in [1.82, 2.24) is 9.55 Å². The fourth-order valence-electron chi connectivity index (χ4n) is 2.72. The lowest BCUT2D eigenvalue weighted by atomic mass is 10.2. The molecule has 3 rings (SSSR count). The number of aromatic nitrogens is 2. The number of amides is 1. The van der Waals surface area contributed by atoms with Gasteiger partial charge in [-0.3, -0.25) is 4.79 Å². The number of nitrogens with zero attached hydrogens (tertiary/aromatic N) is 2. The third-order valence-corrected chi connectivity index (χ3v) is 5.72. The molecule has 0 aliphatic heterocycles. The van der Waals surface area contributed by atoms with Crippen LogP contribution in [0.4, 0.5) is 5.69 Å². The van der Waals surface area contributed by atoms with Gasteiger partial charge in [0.25, 0.3) is 0 Å². The molecule has 6 heteroatoms. The van der Waals surface area contributed by atoms with E-state index >= 15 is 0 Å². The van der Waals surface area contributed by atoms with Gasteiger partial charge < -0.3 is 9.88 Å². The third kappa shape index (κ3) is 5.05. The number of anilines is 1. The Balaban J connectivity index is 1.79. The number of para-hydroxylation sites is 2. The summed E-state index contributed by atoms with van der Waals surface area (Å²) < 4.78 is 1.99. The van der Waals surface area contributed by atoms with Crippen molar-refractivity contribution in [3.05, 3.63) is 53.1 Å². The van der Waals surface area contributed by atoms with E-state index in [0.717, 1.165) is 33.9 Å². The van der Waals surface area contributed by atoms with Crippen LogP contribution in [0.15, 0.2) is 47.6 Å². The number of carbonyl (C=O) groups excluding carboxylic acids is 1. The van der Waals surface area contributed by atoms with E-state index in [1.165, 1.54) is 0 Å². The predicted octanol–water partition coefficient (Wildman–Crippen LogP) is 5.78. The molecule has 0 saturated heterocycles. The Kier molecular flexibility index (Phi) is 6.45. The fourth-order valence-corrected chi connectivity index (χ4v) is 4.15. The molecule has 0 atom stereocenters. The molecule has 0 saturated carbocycles. The van der Waals surface area contributed by atoms with Crippen LogP contribution in [0, 0.1) is 12.8 Å². The number of thioether (sulfide) groups is 1. The maximum Gasteiger partial charge on any atom is 0.244 e. The van der Waals surface area contributed by atoms with Gasteiger partial charge in [-0.2, -0.15) is 0 Å². The number of rotatable bonds is 7. The molecular weight excluding hydrogens is 378 g/mol. The number of halogens is 1. The second-order valence-electron chi connectivity index (χ2n) is 7.01. The molecule has 0 bridgehead atoms. The van der Waals surface area contributed by atoms with E-state index in [9.17, 15) is 4.79 Å². The van der Waals surface area contributed by atoms with Crippen molar-refractivity contribution >= 4 is 46.0 Å². The average Bonchev–Trinajstić information content (AvgIpc) is 2.95. The molecule has 0 aliphatic carbocycles. The summed E-state index contributed by atoms with van der Waals surface area (Å²) in [5, 5.41) is 4.46. The molecule has 0 aliphatic rings. The smallest absolute Gasteiger partial charge is 0.244 e. The highest BCUT2D eigenvalue weighted by molar-refractivity contribution is 7.99. The van der Waals surface area contributed by atoms with Gasteiger partial charge in [0.1, 0.15) is 6.54 Å². The Labute approximate surface area is 169 Å². The molecule has 1 N–H and O–H groups in total. The first-order chi connectivity index (χ1) is 12.9. The highest BCUT2D eigenvalue weighted by Gasteiger charge is 2.14. The van der Waals surface area contributed by atoms with E-state index in [2.05, 4.69) is 19.2 Å². The molecule has 27 heavy (non-hydrogen) atoms. The summed E-state index contributed by atoms with van der Waals surface area (Å²) in [5.74, 6) is 1.53. The van der Waals surface area contributed by atoms with Gasteiger partial charge in [0.15, 0.2) is 5.16 Å². The second-order valence-corrected chi connectivity index (χ2v) is 8.48. The van der Waals surface area contributed by atoms with Gasteiger partial charge in [0.05, 0.1) is 11.0 Å². The van der Waals surface area contributed by atoms with Crippen LogP contribution in [0.2, 0.25) is 5.02 Å². The molecule has 1 heterocycles. The Morgan fingerprint density at radius 3 is 2.78 bits per heavy atom. The van der Waals surface area contributed by atoms with Gasteiger partial charge in [-0.25, -0.2) is 4.98 Å². The van der Waals surface area contributed by atoms with E-state index in [-0.39, 0.29) is 12.5 Å². The lowest BCUT2D eigenvalue weighted by molar-refractivity contribution is -0.116. The Morgan fingerprint density at radius 2 is 2.04 bits per heavy atom. The number of benzene rings is 2. The van der Waals surface area contributed by atoms with E-state index in [0.29, 0.717) is 16.6 Å². The van der Waals surface area contributed by atoms with Crippen LogP contribution in [0.3, 0.4) is 0 Å². The van der Waals surface area contributed by atoms with E-state index in [1.807, 2.05) is 47.9 Å². The zero-order valence-corrected chi connectivity index (χ0v) is 17.4. The fraction of sp³-hybridized carbons (Fsp3) is 0.333. The monoisotopic (exact) mass is 401 g/mol. The summed E-state index contributed by atoms with van der Waals surface area (Å²) in [6.45, 7) is 6.58. The summed E-state index contributed by atoms with van der Waals surface area (Å²) in [7, 11) is 0. The number of carbonyl (C=O) groups is 1. The number of aryl methyl sites for hydroxylation is 1. The molecule has 0 fully saturated rings. The Hall–Kier alpha value is -1.98. The molecular formula is C21H24ClN3OS. The van der Waals surface area contributed by atoms with E-state index < -0.39 is 0 Å². The van der Waals surface area contributed by atoms with Crippen molar-refractivity contribution < 1.29 is 4.79 Å². The van der Waals surface area contributed by atoms with E-state index in [1.54, 1.807) is 17.8 Å². The molecule has 3 aromatic rings. The lowest BCUT2D eigenvalue weighted by Gasteiger charge is -2.11. The van der Waals surface area contributed by atoms with Gasteiger partial charge in [-0.05, 0) is 49.1 Å². The van der Waals surface area contributed by atoms with Crippen molar-refractivity contribution in [2.75, 3.05) is 11.1 Å². The standard InChI is InChI=1S/C21H24ClN3OS/c1-14(2)10-11-27-21-24-18-6-4-5-7-19(18)25(21)13-20(26)23-16-9-8-15(3)17(22)12-16/h4-9,12,14H,10-11,13H2,1-3H3,(H,23,26). The molecule has 1 amide bonds. The normalized spacial score (nSPS) is 11.3. The Bertz CT molecular complexity index is 952. The van der Waals surface area contributed by atoms with Crippen LogP contribution < -0.4 is 5.32 Å².